The van der Waals surface area contributed by atoms with E-state index in [1.165, 1.54) is 10.6 Å². The van der Waals surface area contributed by atoms with Crippen molar-refractivity contribution in [2.75, 3.05) is 10.2 Å². The van der Waals surface area contributed by atoms with Gasteiger partial charge in [0.1, 0.15) is 0 Å². The maximum absolute atomic E-state index is 13.4. The fourth-order valence-electron chi connectivity index (χ4n) is 3.58. The number of hydrogen-bond acceptors (Lipinski definition) is 4. The summed E-state index contributed by atoms with van der Waals surface area (Å²) in [5.41, 5.74) is 8.32. The first kappa shape index (κ1) is 23.9. The molecule has 176 valence electrons. The van der Waals surface area contributed by atoms with Gasteiger partial charge in [-0.15, -0.1) is 0 Å². The molecule has 35 heavy (non-hydrogen) atoms. The average molecular weight is 487 g/mol. The summed E-state index contributed by atoms with van der Waals surface area (Å²) < 4.78 is 1.46. The van der Waals surface area contributed by atoms with Crippen molar-refractivity contribution >= 4 is 34.9 Å². The summed E-state index contributed by atoms with van der Waals surface area (Å²) in [5.74, 6) is -0.565. The zero-order valence-corrected chi connectivity index (χ0v) is 19.4. The quantitative estimate of drug-likeness (QED) is 0.415. The van der Waals surface area contributed by atoms with Gasteiger partial charge in [-0.3, -0.25) is 14.2 Å². The Kier molecular flexibility index (Phi) is 7.40. The van der Waals surface area contributed by atoms with Crippen LogP contribution in [0, 0.1) is 0 Å². The van der Waals surface area contributed by atoms with E-state index >= 15 is 0 Å². The van der Waals surface area contributed by atoms with Gasteiger partial charge < -0.3 is 11.1 Å². The Morgan fingerprint density at radius 1 is 0.886 bits per heavy atom. The lowest BCUT2D eigenvalue weighted by atomic mass is 10.1. The number of aromatic nitrogens is 1. The second kappa shape index (κ2) is 10.8. The van der Waals surface area contributed by atoms with E-state index in [-0.39, 0.29) is 12.0 Å². The van der Waals surface area contributed by atoms with E-state index < -0.39 is 18.0 Å². The second-order valence-electron chi connectivity index (χ2n) is 7.83. The molecule has 0 fully saturated rings. The number of carbonyl (C=O) groups excluding carboxylic acids is 2. The van der Waals surface area contributed by atoms with Crippen molar-refractivity contribution in [1.82, 2.24) is 4.57 Å². The van der Waals surface area contributed by atoms with E-state index in [1.54, 1.807) is 66.9 Å². The summed E-state index contributed by atoms with van der Waals surface area (Å²) in [5, 5.41) is 3.24. The van der Waals surface area contributed by atoms with Crippen LogP contribution in [0.2, 0.25) is 5.02 Å². The smallest absolute Gasteiger partial charge is 0.320 e. The van der Waals surface area contributed by atoms with Gasteiger partial charge in [-0.25, -0.2) is 9.69 Å². The number of halogens is 1. The third-order valence-corrected chi connectivity index (χ3v) is 5.60. The van der Waals surface area contributed by atoms with Gasteiger partial charge >= 0.3 is 6.03 Å². The number of pyridine rings is 1. The summed E-state index contributed by atoms with van der Waals surface area (Å²) in [7, 11) is 0. The summed E-state index contributed by atoms with van der Waals surface area (Å²) in [4.78, 5) is 39.8. The Morgan fingerprint density at radius 2 is 1.54 bits per heavy atom. The Morgan fingerprint density at radius 3 is 2.20 bits per heavy atom. The molecule has 1 heterocycles. The lowest BCUT2D eigenvalue weighted by Gasteiger charge is -2.25. The van der Waals surface area contributed by atoms with Gasteiger partial charge in [0.05, 0.1) is 11.7 Å². The maximum Gasteiger partial charge on any atom is 0.333 e. The zero-order valence-electron chi connectivity index (χ0n) is 18.7. The highest BCUT2D eigenvalue weighted by Gasteiger charge is 2.28. The van der Waals surface area contributed by atoms with Crippen molar-refractivity contribution in [3.05, 3.63) is 124 Å². The highest BCUT2D eigenvalue weighted by atomic mass is 35.5. The molecule has 8 heteroatoms. The van der Waals surface area contributed by atoms with Crippen molar-refractivity contribution in [1.29, 1.82) is 0 Å². The number of rotatable bonds is 6. The van der Waals surface area contributed by atoms with Crippen LogP contribution in [0.3, 0.4) is 0 Å². The molecule has 0 bridgehead atoms. The van der Waals surface area contributed by atoms with E-state index in [2.05, 4.69) is 5.32 Å². The largest absolute Gasteiger partial charge is 0.333 e. The summed E-state index contributed by atoms with van der Waals surface area (Å²) >= 11 is 5.93. The Hall–Kier alpha value is -4.20. The fourth-order valence-corrected chi connectivity index (χ4v) is 3.71. The molecule has 3 amide bonds. The minimum atomic E-state index is -0.954. The van der Waals surface area contributed by atoms with Crippen LogP contribution in [0.1, 0.15) is 5.56 Å². The number of nitrogens with one attached hydrogen (secondary N) is 1. The number of nitrogens with two attached hydrogens (primary N) is 1. The lowest BCUT2D eigenvalue weighted by Crippen LogP contribution is -2.49. The Labute approximate surface area is 207 Å². The normalized spacial score (nSPS) is 11.5. The molecule has 4 aromatic rings. The number of imide groups is 1. The third kappa shape index (κ3) is 5.84. The van der Waals surface area contributed by atoms with Crippen LogP contribution >= 0.6 is 11.6 Å². The zero-order chi connectivity index (χ0) is 24.8. The van der Waals surface area contributed by atoms with Gasteiger partial charge in [0.25, 0.3) is 11.5 Å². The van der Waals surface area contributed by atoms with Crippen LogP contribution in [-0.2, 0) is 11.2 Å². The van der Waals surface area contributed by atoms with Gasteiger partial charge in [0.2, 0.25) is 0 Å². The second-order valence-corrected chi connectivity index (χ2v) is 8.27. The van der Waals surface area contributed by atoms with Crippen LogP contribution in [0.5, 0.6) is 0 Å². The van der Waals surface area contributed by atoms with Crippen molar-refractivity contribution in [3.63, 3.8) is 0 Å². The molecule has 0 aliphatic heterocycles. The van der Waals surface area contributed by atoms with E-state index in [0.717, 1.165) is 10.5 Å². The van der Waals surface area contributed by atoms with Crippen LogP contribution in [-0.4, -0.2) is 22.5 Å². The Bertz CT molecular complexity index is 1370. The molecular weight excluding hydrogens is 464 g/mol. The molecule has 1 atom stereocenters. The average Bonchev–Trinajstić information content (AvgIpc) is 2.87. The summed E-state index contributed by atoms with van der Waals surface area (Å²) in [6, 6.07) is 25.7. The maximum atomic E-state index is 13.4. The van der Waals surface area contributed by atoms with E-state index in [9.17, 15) is 14.4 Å². The first-order chi connectivity index (χ1) is 16.9. The molecule has 0 aliphatic carbocycles. The number of amides is 3. The number of carbonyl (C=O) groups is 2. The van der Waals surface area contributed by atoms with Gasteiger partial charge in [-0.1, -0.05) is 48.0 Å². The minimum Gasteiger partial charge on any atom is -0.320 e. The highest BCUT2D eigenvalue weighted by Crippen LogP contribution is 2.21. The highest BCUT2D eigenvalue weighted by molar-refractivity contribution is 6.30. The van der Waals surface area contributed by atoms with E-state index in [4.69, 9.17) is 17.3 Å². The number of hydrogen-bond donors (Lipinski definition) is 2. The van der Waals surface area contributed by atoms with Crippen LogP contribution in [0.4, 0.5) is 16.2 Å². The third-order valence-electron chi connectivity index (χ3n) is 5.34. The molecule has 7 nitrogen and oxygen atoms in total. The molecule has 0 aliphatic rings. The van der Waals surface area contributed by atoms with Gasteiger partial charge in [0, 0.05) is 28.7 Å². The molecule has 1 unspecified atom stereocenters. The van der Waals surface area contributed by atoms with Crippen molar-refractivity contribution in [2.45, 2.75) is 12.5 Å². The lowest BCUT2D eigenvalue weighted by molar-refractivity contribution is -0.119. The minimum absolute atomic E-state index is 0.196. The molecule has 1 aromatic heterocycles. The summed E-state index contributed by atoms with van der Waals surface area (Å²) in [6.45, 7) is 0. The number of anilines is 2. The monoisotopic (exact) mass is 486 g/mol. The fraction of sp³-hybridized carbons (Fsp3) is 0.0741. The molecule has 0 saturated carbocycles. The van der Waals surface area contributed by atoms with Crippen molar-refractivity contribution < 1.29 is 9.59 Å². The van der Waals surface area contributed by atoms with Gasteiger partial charge in [-0.05, 0) is 66.6 Å². The van der Waals surface area contributed by atoms with Crippen LogP contribution in [0.25, 0.3) is 5.69 Å². The molecular formula is C27H23ClN4O3. The SMILES string of the molecule is NC(Cc1ccccc1)C(=O)N(C(=O)Nc1ccc(Cl)cc1)c1ccc(-n2ccccc2=O)cc1. The number of urea groups is 1. The molecule has 4 rings (SSSR count). The summed E-state index contributed by atoms with van der Waals surface area (Å²) in [6.07, 6.45) is 1.91. The van der Waals surface area contributed by atoms with Crippen molar-refractivity contribution in [2.24, 2.45) is 5.73 Å². The predicted molar refractivity (Wildman–Crippen MR) is 138 cm³/mol. The molecule has 3 aromatic carbocycles. The van der Waals surface area contributed by atoms with E-state index in [1.807, 2.05) is 30.3 Å². The number of nitrogens with zero attached hydrogens (tertiary/aromatic N) is 2. The first-order valence-corrected chi connectivity index (χ1v) is 11.3. The predicted octanol–water partition coefficient (Wildman–Crippen LogP) is 4.63. The van der Waals surface area contributed by atoms with E-state index in [0.29, 0.717) is 22.1 Å². The molecule has 0 saturated heterocycles. The molecule has 3 N–H and O–H groups in total. The van der Waals surface area contributed by atoms with Gasteiger partial charge in [-0.2, -0.15) is 0 Å². The standard InChI is InChI=1S/C27H23ClN4O3/c28-20-9-11-21(12-10-20)30-27(35)32(26(34)24(29)18-19-6-2-1-3-7-19)23-15-13-22(14-16-23)31-17-5-4-8-25(31)33/h1-17,24H,18,29H2,(H,30,35). The molecule has 0 spiro atoms. The topological polar surface area (TPSA) is 97.4 Å². The number of benzene rings is 3. The molecule has 0 radical (unpaired) electrons. The van der Waals surface area contributed by atoms with Crippen LogP contribution < -0.4 is 21.5 Å². The van der Waals surface area contributed by atoms with Gasteiger partial charge in [0.15, 0.2) is 0 Å². The Balaban J connectivity index is 1.64. The van der Waals surface area contributed by atoms with Crippen molar-refractivity contribution in [3.8, 4) is 5.69 Å². The first-order valence-electron chi connectivity index (χ1n) is 10.9. The van der Waals surface area contributed by atoms with Crippen LogP contribution in [0.15, 0.2) is 108 Å².